The van der Waals surface area contributed by atoms with E-state index in [0.29, 0.717) is 12.1 Å². The third kappa shape index (κ3) is 2.80. The molecule has 0 spiro atoms. The Morgan fingerprint density at radius 1 is 1.40 bits per heavy atom. The van der Waals surface area contributed by atoms with Gasteiger partial charge < -0.3 is 10.1 Å². The van der Waals surface area contributed by atoms with Crippen LogP contribution >= 0.6 is 0 Å². The van der Waals surface area contributed by atoms with Crippen molar-refractivity contribution in [1.82, 2.24) is 5.32 Å². The van der Waals surface area contributed by atoms with Crippen LogP contribution in [0.15, 0.2) is 30.3 Å². The molecule has 2 nitrogen and oxygen atoms in total. The minimum absolute atomic E-state index is 0.470. The maximum absolute atomic E-state index is 5.38. The average Bonchev–Trinajstić information content (AvgIpc) is 2.80. The third-order valence-corrected chi connectivity index (χ3v) is 2.98. The van der Waals surface area contributed by atoms with E-state index < -0.39 is 0 Å². The molecule has 0 aliphatic carbocycles. The van der Waals surface area contributed by atoms with Crippen molar-refractivity contribution in [2.75, 3.05) is 13.2 Å². The number of hydrogen-bond donors (Lipinski definition) is 1. The molecule has 1 aromatic carbocycles. The van der Waals surface area contributed by atoms with E-state index in [-0.39, 0.29) is 0 Å². The van der Waals surface area contributed by atoms with Crippen molar-refractivity contribution in [2.24, 2.45) is 0 Å². The summed E-state index contributed by atoms with van der Waals surface area (Å²) in [6.45, 7) is 3.99. The molecule has 1 heterocycles. The molecule has 1 aromatic rings. The summed E-state index contributed by atoms with van der Waals surface area (Å²) in [7, 11) is 0. The minimum Gasteiger partial charge on any atom is -0.380 e. The van der Waals surface area contributed by atoms with Crippen molar-refractivity contribution >= 4 is 0 Å². The summed E-state index contributed by atoms with van der Waals surface area (Å²) in [5.74, 6) is 0. The number of nitrogens with one attached hydrogen (secondary N) is 1. The summed E-state index contributed by atoms with van der Waals surface area (Å²) < 4.78 is 5.38. The summed E-state index contributed by atoms with van der Waals surface area (Å²) in [6, 6.07) is 11.7. The highest BCUT2D eigenvalue weighted by atomic mass is 16.5. The second-order valence-corrected chi connectivity index (χ2v) is 4.10. The number of rotatable bonds is 4. The van der Waals surface area contributed by atoms with Gasteiger partial charge >= 0.3 is 0 Å². The van der Waals surface area contributed by atoms with Crippen LogP contribution in [0.25, 0.3) is 0 Å². The van der Waals surface area contributed by atoms with Gasteiger partial charge in [0.1, 0.15) is 0 Å². The van der Waals surface area contributed by atoms with Crippen LogP contribution < -0.4 is 5.32 Å². The Labute approximate surface area is 91.6 Å². The van der Waals surface area contributed by atoms with Crippen LogP contribution in [0.2, 0.25) is 0 Å². The number of ether oxygens (including phenoxy) is 1. The van der Waals surface area contributed by atoms with Gasteiger partial charge in [-0.05, 0) is 18.4 Å². The zero-order valence-corrected chi connectivity index (χ0v) is 9.28. The summed E-state index contributed by atoms with van der Waals surface area (Å²) in [5, 5.41) is 3.66. The van der Waals surface area contributed by atoms with Gasteiger partial charge in [-0.15, -0.1) is 0 Å². The zero-order valence-electron chi connectivity index (χ0n) is 9.28. The summed E-state index contributed by atoms with van der Waals surface area (Å²) in [6.07, 6.45) is 2.27. The Bertz CT molecular complexity index is 280. The van der Waals surface area contributed by atoms with E-state index in [2.05, 4.69) is 42.6 Å². The van der Waals surface area contributed by atoms with E-state index in [4.69, 9.17) is 4.74 Å². The first-order valence-corrected chi connectivity index (χ1v) is 5.79. The van der Waals surface area contributed by atoms with Crippen LogP contribution in [0.1, 0.15) is 31.4 Å². The second kappa shape index (κ2) is 5.29. The van der Waals surface area contributed by atoms with Crippen molar-refractivity contribution in [3.8, 4) is 0 Å². The zero-order chi connectivity index (χ0) is 10.5. The molecule has 0 radical (unpaired) electrons. The minimum atomic E-state index is 0.470. The highest BCUT2D eigenvalue weighted by Gasteiger charge is 2.19. The molecule has 0 aromatic heterocycles. The highest BCUT2D eigenvalue weighted by Crippen LogP contribution is 2.18. The lowest BCUT2D eigenvalue weighted by Gasteiger charge is -2.21. The number of benzene rings is 1. The molecule has 1 N–H and O–H groups in total. The fourth-order valence-corrected chi connectivity index (χ4v) is 2.09. The van der Waals surface area contributed by atoms with Crippen molar-refractivity contribution in [3.63, 3.8) is 0 Å². The van der Waals surface area contributed by atoms with E-state index in [1.54, 1.807) is 0 Å². The standard InChI is InChI=1S/C13H19NO/c1-2-13(11-6-4-3-5-7-11)14-12-8-9-15-10-12/h3-7,12-14H,2,8-10H2,1H3. The Balaban J connectivity index is 1.97. The molecule has 0 bridgehead atoms. The Hall–Kier alpha value is -0.860. The van der Waals surface area contributed by atoms with E-state index in [1.807, 2.05) is 0 Å². The first-order chi connectivity index (χ1) is 7.40. The topological polar surface area (TPSA) is 21.3 Å². The van der Waals surface area contributed by atoms with Gasteiger partial charge in [0.2, 0.25) is 0 Å². The van der Waals surface area contributed by atoms with Gasteiger partial charge in [0.05, 0.1) is 6.61 Å². The van der Waals surface area contributed by atoms with Gasteiger partial charge in [-0.25, -0.2) is 0 Å². The molecule has 0 amide bonds. The van der Waals surface area contributed by atoms with Gasteiger partial charge in [-0.2, -0.15) is 0 Å². The van der Waals surface area contributed by atoms with E-state index >= 15 is 0 Å². The quantitative estimate of drug-likeness (QED) is 0.815. The monoisotopic (exact) mass is 205 g/mol. The van der Waals surface area contributed by atoms with Gasteiger partial charge in [0.15, 0.2) is 0 Å². The molecule has 1 aliphatic heterocycles. The van der Waals surface area contributed by atoms with Crippen LogP contribution in [0.5, 0.6) is 0 Å². The lowest BCUT2D eigenvalue weighted by molar-refractivity contribution is 0.187. The van der Waals surface area contributed by atoms with Gasteiger partial charge in [-0.3, -0.25) is 0 Å². The highest BCUT2D eigenvalue weighted by molar-refractivity contribution is 5.18. The molecule has 1 aliphatic rings. The summed E-state index contributed by atoms with van der Waals surface area (Å²) in [5.41, 5.74) is 1.38. The lowest BCUT2D eigenvalue weighted by Crippen LogP contribution is -2.32. The summed E-state index contributed by atoms with van der Waals surface area (Å²) >= 11 is 0. The van der Waals surface area contributed by atoms with Crippen LogP contribution in [-0.4, -0.2) is 19.3 Å². The SMILES string of the molecule is CCC(NC1CCOC1)c1ccccc1. The third-order valence-electron chi connectivity index (χ3n) is 2.98. The molecule has 82 valence electrons. The van der Waals surface area contributed by atoms with Crippen molar-refractivity contribution < 1.29 is 4.74 Å². The maximum Gasteiger partial charge on any atom is 0.0620 e. The largest absolute Gasteiger partial charge is 0.380 e. The van der Waals surface area contributed by atoms with Gasteiger partial charge in [-0.1, -0.05) is 37.3 Å². The molecule has 1 fully saturated rings. The van der Waals surface area contributed by atoms with E-state index in [0.717, 1.165) is 26.1 Å². The molecule has 2 heteroatoms. The average molecular weight is 205 g/mol. The molecule has 2 unspecified atom stereocenters. The summed E-state index contributed by atoms with van der Waals surface area (Å²) in [4.78, 5) is 0. The van der Waals surface area contributed by atoms with Crippen LogP contribution in [-0.2, 0) is 4.74 Å². The van der Waals surface area contributed by atoms with Crippen molar-refractivity contribution in [1.29, 1.82) is 0 Å². The Kier molecular flexibility index (Phi) is 3.75. The fraction of sp³-hybridized carbons (Fsp3) is 0.538. The Morgan fingerprint density at radius 2 is 2.20 bits per heavy atom. The maximum atomic E-state index is 5.38. The lowest BCUT2D eigenvalue weighted by atomic mass is 10.0. The molecular formula is C13H19NO. The van der Waals surface area contributed by atoms with Crippen LogP contribution in [0.3, 0.4) is 0 Å². The van der Waals surface area contributed by atoms with Crippen molar-refractivity contribution in [3.05, 3.63) is 35.9 Å². The smallest absolute Gasteiger partial charge is 0.0620 e. The van der Waals surface area contributed by atoms with Crippen LogP contribution in [0, 0.1) is 0 Å². The normalized spacial score (nSPS) is 22.9. The van der Waals surface area contributed by atoms with Crippen LogP contribution in [0.4, 0.5) is 0 Å². The van der Waals surface area contributed by atoms with Gasteiger partial charge in [0.25, 0.3) is 0 Å². The van der Waals surface area contributed by atoms with Gasteiger partial charge in [0, 0.05) is 18.7 Å². The Morgan fingerprint density at radius 3 is 2.80 bits per heavy atom. The van der Waals surface area contributed by atoms with Crippen molar-refractivity contribution in [2.45, 2.75) is 31.8 Å². The van der Waals surface area contributed by atoms with E-state index in [1.165, 1.54) is 5.56 Å². The predicted molar refractivity (Wildman–Crippen MR) is 61.8 cm³/mol. The first-order valence-electron chi connectivity index (χ1n) is 5.79. The van der Waals surface area contributed by atoms with E-state index in [9.17, 15) is 0 Å². The number of hydrogen-bond acceptors (Lipinski definition) is 2. The molecule has 0 saturated carbocycles. The molecule has 2 atom stereocenters. The first kappa shape index (κ1) is 10.7. The molecule has 15 heavy (non-hydrogen) atoms. The molecule has 2 rings (SSSR count). The molecule has 1 saturated heterocycles. The second-order valence-electron chi connectivity index (χ2n) is 4.10. The predicted octanol–water partition coefficient (Wildman–Crippen LogP) is 2.52. The molecular weight excluding hydrogens is 186 g/mol. The fourth-order valence-electron chi connectivity index (χ4n) is 2.09.